The molecule has 0 radical (unpaired) electrons. The Morgan fingerprint density at radius 1 is 1.23 bits per heavy atom. The fourth-order valence-corrected chi connectivity index (χ4v) is 1.73. The number of hydrogen-bond donors (Lipinski definition) is 0. The third-order valence-electron chi connectivity index (χ3n) is 1.52. The maximum atomic E-state index is 5.08. The van der Waals surface area contributed by atoms with E-state index in [1.807, 2.05) is 18.2 Å². The highest BCUT2D eigenvalue weighted by Crippen LogP contribution is 2.29. The smallest absolute Gasteiger partial charge is 0.248 e. The van der Waals surface area contributed by atoms with Crippen LogP contribution in [0.5, 0.6) is 0 Å². The SMILES string of the molecule is Brc1ccc(Br)c(-c2nnco2)c1. The van der Waals surface area contributed by atoms with Crippen LogP contribution in [0.25, 0.3) is 11.5 Å². The minimum atomic E-state index is 0.508. The van der Waals surface area contributed by atoms with Crippen LogP contribution in [-0.4, -0.2) is 10.2 Å². The summed E-state index contributed by atoms with van der Waals surface area (Å²) < 4.78 is 6.99. The third kappa shape index (κ3) is 1.81. The van der Waals surface area contributed by atoms with Crippen molar-refractivity contribution in [2.45, 2.75) is 0 Å². The first-order chi connectivity index (χ1) is 6.27. The lowest BCUT2D eigenvalue weighted by Gasteiger charge is -1.98. The van der Waals surface area contributed by atoms with Crippen LogP contribution in [0, 0.1) is 0 Å². The van der Waals surface area contributed by atoms with Crippen molar-refractivity contribution >= 4 is 31.9 Å². The van der Waals surface area contributed by atoms with Gasteiger partial charge in [0.15, 0.2) is 0 Å². The summed E-state index contributed by atoms with van der Waals surface area (Å²) in [6.45, 7) is 0. The maximum Gasteiger partial charge on any atom is 0.248 e. The molecular weight excluding hydrogens is 300 g/mol. The van der Waals surface area contributed by atoms with Crippen molar-refractivity contribution in [3.63, 3.8) is 0 Å². The van der Waals surface area contributed by atoms with E-state index in [1.54, 1.807) is 0 Å². The van der Waals surface area contributed by atoms with E-state index in [0.29, 0.717) is 5.89 Å². The molecule has 0 unspecified atom stereocenters. The van der Waals surface area contributed by atoms with Gasteiger partial charge in [0.2, 0.25) is 12.3 Å². The Morgan fingerprint density at radius 2 is 2.08 bits per heavy atom. The van der Waals surface area contributed by atoms with E-state index < -0.39 is 0 Å². The second kappa shape index (κ2) is 3.59. The maximum absolute atomic E-state index is 5.08. The largest absolute Gasteiger partial charge is 0.423 e. The van der Waals surface area contributed by atoms with Crippen molar-refractivity contribution in [3.05, 3.63) is 33.5 Å². The zero-order valence-corrected chi connectivity index (χ0v) is 9.54. The molecule has 0 saturated heterocycles. The van der Waals surface area contributed by atoms with Crippen molar-refractivity contribution in [3.8, 4) is 11.5 Å². The predicted molar refractivity (Wildman–Crippen MR) is 55.1 cm³/mol. The third-order valence-corrected chi connectivity index (χ3v) is 2.70. The molecule has 0 fully saturated rings. The predicted octanol–water partition coefficient (Wildman–Crippen LogP) is 3.26. The highest BCUT2D eigenvalue weighted by molar-refractivity contribution is 9.11. The highest BCUT2D eigenvalue weighted by atomic mass is 79.9. The Balaban J connectivity index is 2.57. The van der Waals surface area contributed by atoms with Gasteiger partial charge in [0.1, 0.15) is 0 Å². The van der Waals surface area contributed by atoms with Gasteiger partial charge in [-0.15, -0.1) is 10.2 Å². The van der Waals surface area contributed by atoms with E-state index in [4.69, 9.17) is 4.42 Å². The van der Waals surface area contributed by atoms with E-state index in [0.717, 1.165) is 14.5 Å². The molecule has 1 aromatic carbocycles. The van der Waals surface area contributed by atoms with Crippen molar-refractivity contribution in [2.75, 3.05) is 0 Å². The van der Waals surface area contributed by atoms with Crippen molar-refractivity contribution in [1.29, 1.82) is 0 Å². The fraction of sp³-hybridized carbons (Fsp3) is 0. The number of aromatic nitrogens is 2. The van der Waals surface area contributed by atoms with Crippen LogP contribution in [0.2, 0.25) is 0 Å². The summed E-state index contributed by atoms with van der Waals surface area (Å²) >= 11 is 6.77. The Labute approximate surface area is 91.4 Å². The summed E-state index contributed by atoms with van der Waals surface area (Å²) in [6.07, 6.45) is 1.31. The molecule has 0 saturated carbocycles. The highest BCUT2D eigenvalue weighted by Gasteiger charge is 2.07. The Morgan fingerprint density at radius 3 is 2.77 bits per heavy atom. The van der Waals surface area contributed by atoms with Gasteiger partial charge in [0, 0.05) is 8.95 Å². The van der Waals surface area contributed by atoms with Crippen molar-refractivity contribution in [2.24, 2.45) is 0 Å². The van der Waals surface area contributed by atoms with Gasteiger partial charge in [-0.3, -0.25) is 0 Å². The average molecular weight is 304 g/mol. The molecule has 1 aromatic heterocycles. The molecule has 0 amide bonds. The van der Waals surface area contributed by atoms with Gasteiger partial charge >= 0.3 is 0 Å². The molecule has 0 aliphatic heterocycles. The fourth-order valence-electron chi connectivity index (χ4n) is 0.952. The molecule has 2 aromatic rings. The molecule has 0 spiro atoms. The number of nitrogens with zero attached hydrogens (tertiary/aromatic N) is 2. The lowest BCUT2D eigenvalue weighted by Crippen LogP contribution is -1.80. The number of rotatable bonds is 1. The first kappa shape index (κ1) is 8.90. The average Bonchev–Trinajstić information content (AvgIpc) is 2.61. The van der Waals surface area contributed by atoms with Crippen LogP contribution in [0.4, 0.5) is 0 Å². The lowest BCUT2D eigenvalue weighted by atomic mass is 10.2. The number of halogens is 2. The summed E-state index contributed by atoms with van der Waals surface area (Å²) in [6, 6.07) is 5.77. The van der Waals surface area contributed by atoms with Crippen molar-refractivity contribution in [1.82, 2.24) is 10.2 Å². The molecular formula is C8H4Br2N2O. The van der Waals surface area contributed by atoms with Crippen LogP contribution in [-0.2, 0) is 0 Å². The summed E-state index contributed by atoms with van der Waals surface area (Å²) in [5, 5.41) is 7.44. The van der Waals surface area contributed by atoms with Gasteiger partial charge in [0.25, 0.3) is 0 Å². The van der Waals surface area contributed by atoms with Gasteiger partial charge in [-0.1, -0.05) is 15.9 Å². The lowest BCUT2D eigenvalue weighted by molar-refractivity contribution is 0.568. The first-order valence-electron chi connectivity index (χ1n) is 3.49. The van der Waals surface area contributed by atoms with E-state index in [2.05, 4.69) is 42.1 Å². The van der Waals surface area contributed by atoms with Gasteiger partial charge in [-0.25, -0.2) is 0 Å². The number of benzene rings is 1. The van der Waals surface area contributed by atoms with Crippen LogP contribution < -0.4 is 0 Å². The van der Waals surface area contributed by atoms with Crippen LogP contribution in [0.3, 0.4) is 0 Å². The Bertz CT molecular complexity index is 414. The molecule has 5 heteroatoms. The molecule has 0 bridgehead atoms. The monoisotopic (exact) mass is 302 g/mol. The molecule has 0 atom stereocenters. The molecule has 13 heavy (non-hydrogen) atoms. The molecule has 0 N–H and O–H groups in total. The molecule has 66 valence electrons. The van der Waals surface area contributed by atoms with Gasteiger partial charge in [-0.05, 0) is 34.1 Å². The molecule has 3 nitrogen and oxygen atoms in total. The summed E-state index contributed by atoms with van der Waals surface area (Å²) in [7, 11) is 0. The van der Waals surface area contributed by atoms with Crippen LogP contribution in [0.1, 0.15) is 0 Å². The van der Waals surface area contributed by atoms with E-state index in [1.165, 1.54) is 6.39 Å². The molecule has 0 aliphatic rings. The van der Waals surface area contributed by atoms with E-state index in [-0.39, 0.29) is 0 Å². The summed E-state index contributed by atoms with van der Waals surface area (Å²) in [5.41, 5.74) is 0.881. The zero-order valence-electron chi connectivity index (χ0n) is 6.37. The van der Waals surface area contributed by atoms with Crippen molar-refractivity contribution < 1.29 is 4.42 Å². The normalized spacial score (nSPS) is 10.3. The van der Waals surface area contributed by atoms with E-state index >= 15 is 0 Å². The quantitative estimate of drug-likeness (QED) is 0.811. The first-order valence-corrected chi connectivity index (χ1v) is 5.07. The van der Waals surface area contributed by atoms with Gasteiger partial charge < -0.3 is 4.42 Å². The molecule has 2 rings (SSSR count). The zero-order chi connectivity index (χ0) is 9.26. The molecule has 1 heterocycles. The van der Waals surface area contributed by atoms with Gasteiger partial charge in [0.05, 0.1) is 5.56 Å². The minimum Gasteiger partial charge on any atom is -0.423 e. The van der Waals surface area contributed by atoms with Crippen LogP contribution >= 0.6 is 31.9 Å². The topological polar surface area (TPSA) is 38.9 Å². The second-order valence-corrected chi connectivity index (χ2v) is 4.14. The summed E-state index contributed by atoms with van der Waals surface area (Å²) in [4.78, 5) is 0. The minimum absolute atomic E-state index is 0.508. The number of hydrogen-bond acceptors (Lipinski definition) is 3. The standard InChI is InChI=1S/C8H4Br2N2O/c9-5-1-2-7(10)6(3-5)8-12-11-4-13-8/h1-4H. The Hall–Kier alpha value is -0.680. The van der Waals surface area contributed by atoms with E-state index in [9.17, 15) is 0 Å². The van der Waals surface area contributed by atoms with Crippen LogP contribution in [0.15, 0.2) is 38.0 Å². The summed E-state index contributed by atoms with van der Waals surface area (Å²) in [5.74, 6) is 0.508. The molecule has 0 aliphatic carbocycles. The second-order valence-electron chi connectivity index (χ2n) is 2.37. The van der Waals surface area contributed by atoms with Gasteiger partial charge in [-0.2, -0.15) is 0 Å². The Kier molecular flexibility index (Phi) is 2.46.